The highest BCUT2D eigenvalue weighted by molar-refractivity contribution is 7.99. The SMILES string of the molecule is CCCC(=O)Oc1ccc(Sc2cccc(N(CCc3ccccc3)C(=O)Nc3ccccc3Oc3ccccc3)c2)cc1. The van der Waals surface area contributed by atoms with E-state index in [9.17, 15) is 9.59 Å². The second-order valence-electron chi connectivity index (χ2n) is 10.0. The molecule has 222 valence electrons. The predicted octanol–water partition coefficient (Wildman–Crippen LogP) is 9.62. The highest BCUT2D eigenvalue weighted by Gasteiger charge is 2.19. The first-order valence-corrected chi connectivity index (χ1v) is 15.4. The zero-order valence-electron chi connectivity index (χ0n) is 24.5. The van der Waals surface area contributed by atoms with Crippen LogP contribution >= 0.6 is 11.8 Å². The molecule has 1 N–H and O–H groups in total. The number of rotatable bonds is 12. The Kier molecular flexibility index (Phi) is 10.7. The molecule has 0 unspecified atom stereocenters. The van der Waals surface area contributed by atoms with E-state index < -0.39 is 0 Å². The zero-order chi connectivity index (χ0) is 30.6. The number of benzene rings is 5. The number of nitrogens with zero attached hydrogens (tertiary/aromatic N) is 1. The van der Waals surface area contributed by atoms with Gasteiger partial charge in [0.2, 0.25) is 0 Å². The molecule has 6 nitrogen and oxygen atoms in total. The average molecular weight is 603 g/mol. The number of nitrogens with one attached hydrogen (secondary N) is 1. The van der Waals surface area contributed by atoms with Crippen LogP contribution in [0.1, 0.15) is 25.3 Å². The van der Waals surface area contributed by atoms with E-state index in [0.717, 1.165) is 27.5 Å². The van der Waals surface area contributed by atoms with Crippen LogP contribution in [0.25, 0.3) is 0 Å². The van der Waals surface area contributed by atoms with Crippen LogP contribution in [0.15, 0.2) is 143 Å². The van der Waals surface area contributed by atoms with Crippen molar-refractivity contribution in [3.05, 3.63) is 139 Å². The Balaban J connectivity index is 1.35. The van der Waals surface area contributed by atoms with Gasteiger partial charge in [-0.25, -0.2) is 4.79 Å². The van der Waals surface area contributed by atoms with Gasteiger partial charge >= 0.3 is 12.0 Å². The van der Waals surface area contributed by atoms with Crippen molar-refractivity contribution >= 4 is 35.1 Å². The maximum atomic E-state index is 13.9. The normalized spacial score (nSPS) is 10.6. The van der Waals surface area contributed by atoms with Crippen molar-refractivity contribution in [2.45, 2.75) is 36.0 Å². The van der Waals surface area contributed by atoms with Crippen molar-refractivity contribution in [2.75, 3.05) is 16.8 Å². The van der Waals surface area contributed by atoms with E-state index in [4.69, 9.17) is 9.47 Å². The maximum absolute atomic E-state index is 13.9. The summed E-state index contributed by atoms with van der Waals surface area (Å²) in [5, 5.41) is 3.08. The molecule has 5 aromatic carbocycles. The minimum atomic E-state index is -0.259. The second kappa shape index (κ2) is 15.5. The molecule has 0 aromatic heterocycles. The number of carbonyl (C=O) groups is 2. The summed E-state index contributed by atoms with van der Waals surface area (Å²) in [5.74, 6) is 1.54. The van der Waals surface area contributed by atoms with Crippen molar-refractivity contribution in [1.82, 2.24) is 0 Å². The lowest BCUT2D eigenvalue weighted by molar-refractivity contribution is -0.134. The number of hydrogen-bond acceptors (Lipinski definition) is 5. The van der Waals surface area contributed by atoms with Crippen LogP contribution in [0.5, 0.6) is 17.2 Å². The van der Waals surface area contributed by atoms with Gasteiger partial charge in [0.05, 0.1) is 5.69 Å². The Bertz CT molecular complexity index is 1660. The Morgan fingerprint density at radius 2 is 1.43 bits per heavy atom. The molecule has 7 heteroatoms. The number of anilines is 2. The monoisotopic (exact) mass is 602 g/mol. The quantitative estimate of drug-likeness (QED) is 0.114. The van der Waals surface area contributed by atoms with Crippen LogP contribution in [0, 0.1) is 0 Å². The molecule has 0 atom stereocenters. The number of para-hydroxylation sites is 3. The third kappa shape index (κ3) is 8.75. The molecule has 44 heavy (non-hydrogen) atoms. The first-order chi connectivity index (χ1) is 21.6. The first-order valence-electron chi connectivity index (χ1n) is 14.6. The van der Waals surface area contributed by atoms with Gasteiger partial charge in [0.15, 0.2) is 5.75 Å². The van der Waals surface area contributed by atoms with Crippen LogP contribution in [-0.2, 0) is 11.2 Å². The third-order valence-corrected chi connectivity index (χ3v) is 7.68. The van der Waals surface area contributed by atoms with Gasteiger partial charge in [-0.15, -0.1) is 0 Å². The van der Waals surface area contributed by atoms with Crippen molar-refractivity contribution in [1.29, 1.82) is 0 Å². The van der Waals surface area contributed by atoms with Crippen molar-refractivity contribution < 1.29 is 19.1 Å². The lowest BCUT2D eigenvalue weighted by Gasteiger charge is -2.24. The van der Waals surface area contributed by atoms with Crippen molar-refractivity contribution in [3.8, 4) is 17.2 Å². The number of ether oxygens (including phenoxy) is 2. The number of urea groups is 1. The van der Waals surface area contributed by atoms with Crippen LogP contribution in [0.4, 0.5) is 16.2 Å². The van der Waals surface area contributed by atoms with E-state index in [0.29, 0.717) is 42.3 Å². The van der Waals surface area contributed by atoms with E-state index in [2.05, 4.69) is 17.4 Å². The molecule has 0 radical (unpaired) electrons. The molecule has 5 rings (SSSR count). The predicted molar refractivity (Wildman–Crippen MR) is 177 cm³/mol. The van der Waals surface area contributed by atoms with Crippen molar-refractivity contribution in [3.63, 3.8) is 0 Å². The maximum Gasteiger partial charge on any atom is 0.326 e. The summed E-state index contributed by atoms with van der Waals surface area (Å²) in [4.78, 5) is 29.4. The molecule has 5 aromatic rings. The molecular formula is C37H34N2O4S. The first kappa shape index (κ1) is 30.4. The molecular weight excluding hydrogens is 568 g/mol. The van der Waals surface area contributed by atoms with Crippen LogP contribution in [0.3, 0.4) is 0 Å². The highest BCUT2D eigenvalue weighted by Crippen LogP contribution is 2.33. The van der Waals surface area contributed by atoms with E-state index in [1.54, 1.807) is 28.8 Å². The van der Waals surface area contributed by atoms with Gasteiger partial charge in [-0.2, -0.15) is 0 Å². The smallest absolute Gasteiger partial charge is 0.326 e. The van der Waals surface area contributed by atoms with E-state index in [-0.39, 0.29) is 12.0 Å². The van der Waals surface area contributed by atoms with Gasteiger partial charge in [0, 0.05) is 28.4 Å². The number of carbonyl (C=O) groups excluding carboxylic acids is 2. The molecule has 0 bridgehead atoms. The van der Waals surface area contributed by atoms with Gasteiger partial charge in [-0.1, -0.05) is 85.4 Å². The summed E-state index contributed by atoms with van der Waals surface area (Å²) in [6, 6.07) is 42.1. The molecule has 0 aliphatic rings. The van der Waals surface area contributed by atoms with Gasteiger partial charge in [-0.3, -0.25) is 9.69 Å². The highest BCUT2D eigenvalue weighted by atomic mass is 32.2. The lowest BCUT2D eigenvalue weighted by Crippen LogP contribution is -2.36. The fourth-order valence-electron chi connectivity index (χ4n) is 4.50. The summed E-state index contributed by atoms with van der Waals surface area (Å²) < 4.78 is 11.5. The van der Waals surface area contributed by atoms with Crippen LogP contribution < -0.4 is 19.7 Å². The Hall–Kier alpha value is -5.01. The van der Waals surface area contributed by atoms with Gasteiger partial charge in [-0.05, 0) is 85.1 Å². The number of esters is 1. The van der Waals surface area contributed by atoms with E-state index in [1.165, 1.54) is 0 Å². The number of hydrogen-bond donors (Lipinski definition) is 1. The molecule has 2 amide bonds. The largest absolute Gasteiger partial charge is 0.455 e. The second-order valence-corrected chi connectivity index (χ2v) is 11.2. The summed E-state index contributed by atoms with van der Waals surface area (Å²) in [5.41, 5.74) is 2.50. The fraction of sp³-hybridized carbons (Fsp3) is 0.135. The molecule has 0 saturated carbocycles. The topological polar surface area (TPSA) is 67.9 Å². The van der Waals surface area contributed by atoms with Gasteiger partial charge in [0.1, 0.15) is 11.5 Å². The fourth-order valence-corrected chi connectivity index (χ4v) is 5.37. The standard InChI is InChI=1S/C37H34N2O4S/c1-2-12-36(40)43-31-21-23-32(24-22-31)44-33-18-11-15-29(27-33)39(26-25-28-13-5-3-6-14-28)37(41)38-34-19-9-10-20-35(34)42-30-16-7-4-8-17-30/h3-11,13-24,27H,2,12,25-26H2,1H3,(H,38,41). The lowest BCUT2D eigenvalue weighted by atomic mass is 10.1. The Morgan fingerprint density at radius 1 is 0.727 bits per heavy atom. The molecule has 0 spiro atoms. The minimum absolute atomic E-state index is 0.233. The summed E-state index contributed by atoms with van der Waals surface area (Å²) in [6.45, 7) is 2.42. The van der Waals surface area contributed by atoms with Gasteiger partial charge < -0.3 is 14.8 Å². The zero-order valence-corrected chi connectivity index (χ0v) is 25.3. The molecule has 0 saturated heterocycles. The molecule has 0 aliphatic carbocycles. The number of amides is 2. The molecule has 0 aliphatic heterocycles. The van der Waals surface area contributed by atoms with Gasteiger partial charge in [0.25, 0.3) is 0 Å². The molecule has 0 fully saturated rings. The third-order valence-electron chi connectivity index (χ3n) is 6.69. The minimum Gasteiger partial charge on any atom is -0.455 e. The van der Waals surface area contributed by atoms with E-state index >= 15 is 0 Å². The van der Waals surface area contributed by atoms with E-state index in [1.807, 2.05) is 116 Å². The van der Waals surface area contributed by atoms with Crippen molar-refractivity contribution in [2.24, 2.45) is 0 Å². The van der Waals surface area contributed by atoms with Crippen LogP contribution in [0.2, 0.25) is 0 Å². The Labute approximate surface area is 262 Å². The summed E-state index contributed by atoms with van der Waals surface area (Å²) in [7, 11) is 0. The summed E-state index contributed by atoms with van der Waals surface area (Å²) in [6.07, 6.45) is 1.83. The average Bonchev–Trinajstić information content (AvgIpc) is 3.04. The Morgan fingerprint density at radius 3 is 2.18 bits per heavy atom. The summed E-state index contributed by atoms with van der Waals surface area (Å²) >= 11 is 1.57. The van der Waals surface area contributed by atoms with Crippen LogP contribution in [-0.4, -0.2) is 18.5 Å². The molecule has 0 heterocycles.